The molecule has 0 saturated carbocycles. The quantitative estimate of drug-likeness (QED) is 0.315. The summed E-state index contributed by atoms with van der Waals surface area (Å²) in [4.78, 5) is 10.3. The lowest BCUT2D eigenvalue weighted by Crippen LogP contribution is -2.03. The molecule has 0 bridgehead atoms. The van der Waals surface area contributed by atoms with E-state index in [9.17, 15) is 10.1 Å². The lowest BCUT2D eigenvalue weighted by Gasteiger charge is -2.10. The van der Waals surface area contributed by atoms with Gasteiger partial charge in [0.05, 0.1) is 10.6 Å². The maximum Gasteiger partial charge on any atom is 0.271 e. The zero-order chi connectivity index (χ0) is 15.0. The van der Waals surface area contributed by atoms with Crippen molar-refractivity contribution in [2.45, 2.75) is 45.4 Å². The van der Waals surface area contributed by atoms with Gasteiger partial charge in [0.1, 0.15) is 0 Å². The summed E-state index contributed by atoms with van der Waals surface area (Å²) < 4.78 is 1.43. The number of halogens is 2. The lowest BCUT2D eigenvalue weighted by molar-refractivity contribution is -0.385. The maximum absolute atomic E-state index is 10.7. The van der Waals surface area contributed by atoms with Crippen LogP contribution in [-0.2, 0) is 0 Å². The Labute approximate surface area is 136 Å². The molecule has 0 aromatic heterocycles. The SMILES string of the molecule is CCCCCCCCNc1c(Br)cc([N+](=O)[O-])cc1Br. The second kappa shape index (κ2) is 9.34. The third-order valence-corrected chi connectivity index (χ3v) is 4.32. The van der Waals surface area contributed by atoms with Crippen LogP contribution >= 0.6 is 31.9 Å². The van der Waals surface area contributed by atoms with Crippen molar-refractivity contribution in [1.29, 1.82) is 0 Å². The first-order valence-corrected chi connectivity index (χ1v) is 8.52. The van der Waals surface area contributed by atoms with E-state index in [1.54, 1.807) is 0 Å². The summed E-state index contributed by atoms with van der Waals surface area (Å²) in [5, 5.41) is 14.1. The summed E-state index contributed by atoms with van der Waals surface area (Å²) in [6.07, 6.45) is 7.49. The normalized spacial score (nSPS) is 10.6. The molecule has 112 valence electrons. The predicted molar refractivity (Wildman–Crippen MR) is 90.4 cm³/mol. The van der Waals surface area contributed by atoms with E-state index in [0.717, 1.165) is 18.7 Å². The summed E-state index contributed by atoms with van der Waals surface area (Å²) >= 11 is 6.75. The molecule has 1 aromatic rings. The highest BCUT2D eigenvalue weighted by molar-refractivity contribution is 9.11. The van der Waals surface area contributed by atoms with Gasteiger partial charge in [-0.15, -0.1) is 0 Å². The van der Waals surface area contributed by atoms with Gasteiger partial charge in [-0.25, -0.2) is 0 Å². The van der Waals surface area contributed by atoms with Crippen LogP contribution in [0.5, 0.6) is 0 Å². The number of non-ortho nitro benzene ring substituents is 1. The van der Waals surface area contributed by atoms with Gasteiger partial charge in [0.25, 0.3) is 5.69 Å². The number of nitro groups is 1. The van der Waals surface area contributed by atoms with Crippen LogP contribution < -0.4 is 5.32 Å². The number of hydrogen-bond acceptors (Lipinski definition) is 3. The predicted octanol–water partition coefficient (Wildman–Crippen LogP) is 5.89. The van der Waals surface area contributed by atoms with Gasteiger partial charge in [0.2, 0.25) is 0 Å². The van der Waals surface area contributed by atoms with Gasteiger partial charge < -0.3 is 5.32 Å². The topological polar surface area (TPSA) is 55.2 Å². The van der Waals surface area contributed by atoms with Crippen molar-refractivity contribution in [3.05, 3.63) is 31.2 Å². The number of unbranched alkanes of at least 4 members (excludes halogenated alkanes) is 5. The summed E-state index contributed by atoms with van der Waals surface area (Å²) in [6.45, 7) is 3.09. The number of anilines is 1. The monoisotopic (exact) mass is 406 g/mol. The smallest absolute Gasteiger partial charge is 0.271 e. The Morgan fingerprint density at radius 2 is 1.65 bits per heavy atom. The summed E-state index contributed by atoms with van der Waals surface area (Å²) in [7, 11) is 0. The van der Waals surface area contributed by atoms with Gasteiger partial charge in [-0.05, 0) is 38.3 Å². The van der Waals surface area contributed by atoms with E-state index in [1.165, 1.54) is 44.2 Å². The van der Waals surface area contributed by atoms with Crippen LogP contribution in [0.4, 0.5) is 11.4 Å². The Bertz CT molecular complexity index is 430. The molecular formula is C14H20Br2N2O2. The van der Waals surface area contributed by atoms with E-state index < -0.39 is 4.92 Å². The third kappa shape index (κ3) is 5.79. The van der Waals surface area contributed by atoms with E-state index in [4.69, 9.17) is 0 Å². The van der Waals surface area contributed by atoms with Crippen LogP contribution in [0.1, 0.15) is 45.4 Å². The van der Waals surface area contributed by atoms with Crippen LogP contribution in [0.3, 0.4) is 0 Å². The molecule has 0 aliphatic carbocycles. The minimum absolute atomic E-state index is 0.0777. The number of rotatable bonds is 9. The number of hydrogen-bond donors (Lipinski definition) is 1. The van der Waals surface area contributed by atoms with Crippen molar-refractivity contribution in [3.63, 3.8) is 0 Å². The fraction of sp³-hybridized carbons (Fsp3) is 0.571. The second-order valence-electron chi connectivity index (χ2n) is 4.74. The van der Waals surface area contributed by atoms with Crippen LogP contribution in [0, 0.1) is 10.1 Å². The van der Waals surface area contributed by atoms with Crippen molar-refractivity contribution in [2.75, 3.05) is 11.9 Å². The summed E-state index contributed by atoms with van der Waals surface area (Å²) in [5.41, 5.74) is 0.957. The Hall–Kier alpha value is -0.620. The summed E-state index contributed by atoms with van der Waals surface area (Å²) in [6, 6.07) is 3.04. The van der Waals surface area contributed by atoms with Crippen molar-refractivity contribution in [3.8, 4) is 0 Å². The standard InChI is InChI=1S/C14H20Br2N2O2/c1-2-3-4-5-6-7-8-17-14-12(15)9-11(18(19)20)10-13(14)16/h9-10,17H,2-8H2,1H3. The molecule has 1 N–H and O–H groups in total. The molecule has 1 rings (SSSR count). The highest BCUT2D eigenvalue weighted by Crippen LogP contribution is 2.35. The molecule has 6 heteroatoms. The molecule has 0 aliphatic rings. The molecule has 4 nitrogen and oxygen atoms in total. The van der Waals surface area contributed by atoms with Crippen LogP contribution in [0.15, 0.2) is 21.1 Å². The number of nitrogens with one attached hydrogen (secondary N) is 1. The maximum atomic E-state index is 10.7. The molecule has 0 amide bonds. The zero-order valence-electron chi connectivity index (χ0n) is 11.6. The molecule has 0 radical (unpaired) electrons. The van der Waals surface area contributed by atoms with Gasteiger partial charge >= 0.3 is 0 Å². The largest absolute Gasteiger partial charge is 0.383 e. The van der Waals surface area contributed by atoms with E-state index in [2.05, 4.69) is 44.1 Å². The minimum Gasteiger partial charge on any atom is -0.383 e. The van der Waals surface area contributed by atoms with Gasteiger partial charge in [-0.2, -0.15) is 0 Å². The van der Waals surface area contributed by atoms with Crippen molar-refractivity contribution in [2.24, 2.45) is 0 Å². The first-order chi connectivity index (χ1) is 9.56. The second-order valence-corrected chi connectivity index (χ2v) is 6.44. The van der Waals surface area contributed by atoms with Crippen molar-refractivity contribution < 1.29 is 4.92 Å². The van der Waals surface area contributed by atoms with E-state index in [1.807, 2.05) is 0 Å². The lowest BCUT2D eigenvalue weighted by atomic mass is 10.1. The first-order valence-electron chi connectivity index (χ1n) is 6.93. The highest BCUT2D eigenvalue weighted by Gasteiger charge is 2.13. The molecule has 1 aromatic carbocycles. The fourth-order valence-electron chi connectivity index (χ4n) is 1.95. The van der Waals surface area contributed by atoms with E-state index in [0.29, 0.717) is 8.95 Å². The molecule has 20 heavy (non-hydrogen) atoms. The summed E-state index contributed by atoms with van der Waals surface area (Å²) in [5.74, 6) is 0. The van der Waals surface area contributed by atoms with Gasteiger partial charge in [-0.3, -0.25) is 10.1 Å². The van der Waals surface area contributed by atoms with Crippen LogP contribution in [-0.4, -0.2) is 11.5 Å². The third-order valence-electron chi connectivity index (χ3n) is 3.07. The average Bonchev–Trinajstić information content (AvgIpc) is 2.40. The number of nitro benzene ring substituents is 1. The zero-order valence-corrected chi connectivity index (χ0v) is 14.8. The molecule has 0 aliphatic heterocycles. The van der Waals surface area contributed by atoms with Crippen molar-refractivity contribution in [1.82, 2.24) is 0 Å². The Balaban J connectivity index is 2.42. The minimum atomic E-state index is -0.396. The molecule has 0 unspecified atom stereocenters. The number of benzene rings is 1. The Morgan fingerprint density at radius 3 is 2.20 bits per heavy atom. The molecular weight excluding hydrogens is 388 g/mol. The molecule has 0 fully saturated rings. The van der Waals surface area contributed by atoms with Crippen molar-refractivity contribution >= 4 is 43.2 Å². The fourth-order valence-corrected chi connectivity index (χ4v) is 3.40. The van der Waals surface area contributed by atoms with Gasteiger partial charge in [0, 0.05) is 27.6 Å². The molecule has 0 atom stereocenters. The van der Waals surface area contributed by atoms with Crippen LogP contribution in [0.2, 0.25) is 0 Å². The van der Waals surface area contributed by atoms with Crippen LogP contribution in [0.25, 0.3) is 0 Å². The molecule has 0 saturated heterocycles. The first kappa shape index (κ1) is 17.4. The van der Waals surface area contributed by atoms with Gasteiger partial charge in [-0.1, -0.05) is 39.0 Å². The Morgan fingerprint density at radius 1 is 1.10 bits per heavy atom. The van der Waals surface area contributed by atoms with E-state index >= 15 is 0 Å². The average molecular weight is 408 g/mol. The highest BCUT2D eigenvalue weighted by atomic mass is 79.9. The molecule has 0 spiro atoms. The van der Waals surface area contributed by atoms with Gasteiger partial charge in [0.15, 0.2) is 0 Å². The number of nitrogens with zero attached hydrogens (tertiary/aromatic N) is 1. The molecule has 0 heterocycles. The Kier molecular flexibility index (Phi) is 8.14. The van der Waals surface area contributed by atoms with E-state index in [-0.39, 0.29) is 5.69 Å².